The Morgan fingerprint density at radius 3 is 2.64 bits per heavy atom. The molecule has 1 heterocycles. The molecule has 76 valence electrons. The third-order valence-electron chi connectivity index (χ3n) is 1.53. The average molecular weight is 212 g/mol. The summed E-state index contributed by atoms with van der Waals surface area (Å²) in [6, 6.07) is 0. The van der Waals surface area contributed by atoms with Crippen molar-refractivity contribution in [2.24, 2.45) is 0 Å². The first-order chi connectivity index (χ1) is 6.50. The Labute approximate surface area is 86.8 Å². The fourth-order valence-corrected chi connectivity index (χ4v) is 1.65. The number of carbonyl (C=O) groups is 1. The van der Waals surface area contributed by atoms with E-state index in [-0.39, 0.29) is 5.56 Å². The van der Waals surface area contributed by atoms with Crippen molar-refractivity contribution in [2.45, 2.75) is 31.2 Å². The van der Waals surface area contributed by atoms with Crippen LogP contribution < -0.4 is 0 Å². The highest BCUT2D eigenvalue weighted by Crippen LogP contribution is 2.19. The maximum absolute atomic E-state index is 10.7. The number of thioether (sulfide) groups is 1. The molecule has 0 saturated carbocycles. The predicted molar refractivity (Wildman–Crippen MR) is 54.7 cm³/mol. The fourth-order valence-electron chi connectivity index (χ4n) is 0.923. The molecule has 1 N–H and O–H groups in total. The van der Waals surface area contributed by atoms with E-state index in [1.807, 2.05) is 13.8 Å². The Morgan fingerprint density at radius 1 is 1.57 bits per heavy atom. The van der Waals surface area contributed by atoms with Crippen LogP contribution in [0.2, 0.25) is 0 Å². The molecule has 0 aliphatic carbocycles. The van der Waals surface area contributed by atoms with Gasteiger partial charge in [-0.15, -0.1) is 0 Å². The molecule has 4 nitrogen and oxygen atoms in total. The Morgan fingerprint density at radius 2 is 2.21 bits per heavy atom. The Kier molecular flexibility index (Phi) is 3.46. The summed E-state index contributed by atoms with van der Waals surface area (Å²) < 4.78 is 0. The van der Waals surface area contributed by atoms with Gasteiger partial charge in [0.1, 0.15) is 0 Å². The predicted octanol–water partition coefficient (Wildman–Crippen LogP) is 1.98. The van der Waals surface area contributed by atoms with Gasteiger partial charge in [-0.1, -0.05) is 25.6 Å². The van der Waals surface area contributed by atoms with E-state index in [9.17, 15) is 4.79 Å². The minimum atomic E-state index is -0.983. The summed E-state index contributed by atoms with van der Waals surface area (Å²) in [7, 11) is 0. The quantitative estimate of drug-likeness (QED) is 0.613. The lowest BCUT2D eigenvalue weighted by atomic mass is 10.2. The second-order valence-electron chi connectivity index (χ2n) is 3.12. The molecule has 1 rings (SSSR count). The van der Waals surface area contributed by atoms with E-state index >= 15 is 0 Å². The van der Waals surface area contributed by atoms with Crippen molar-refractivity contribution in [2.75, 3.05) is 0 Å². The largest absolute Gasteiger partial charge is 0.478 e. The first-order valence-corrected chi connectivity index (χ1v) is 5.12. The molecule has 0 atom stereocenters. The van der Waals surface area contributed by atoms with Gasteiger partial charge in [0, 0.05) is 11.4 Å². The topological polar surface area (TPSA) is 63.1 Å². The van der Waals surface area contributed by atoms with Crippen molar-refractivity contribution in [1.29, 1.82) is 0 Å². The van der Waals surface area contributed by atoms with Crippen molar-refractivity contribution in [3.8, 4) is 0 Å². The van der Waals surface area contributed by atoms with E-state index in [2.05, 4.69) is 9.97 Å². The van der Waals surface area contributed by atoms with Gasteiger partial charge in [-0.2, -0.15) is 0 Å². The van der Waals surface area contributed by atoms with Gasteiger partial charge in [0.05, 0.1) is 11.3 Å². The molecule has 1 aromatic heterocycles. The standard InChI is InChI=1S/C9H12N2O2S/c1-5(2)14-9-10-4-7(8(12)13)6(3)11-9/h4-5H,1-3H3,(H,12,13). The highest BCUT2D eigenvalue weighted by atomic mass is 32.2. The number of hydrogen-bond donors (Lipinski definition) is 1. The monoisotopic (exact) mass is 212 g/mol. The maximum Gasteiger partial charge on any atom is 0.339 e. The van der Waals surface area contributed by atoms with Crippen molar-refractivity contribution in [3.05, 3.63) is 17.5 Å². The van der Waals surface area contributed by atoms with Crippen LogP contribution >= 0.6 is 11.8 Å². The maximum atomic E-state index is 10.7. The van der Waals surface area contributed by atoms with Crippen LogP contribution in [0.1, 0.15) is 29.9 Å². The van der Waals surface area contributed by atoms with E-state index in [1.54, 1.807) is 6.92 Å². The van der Waals surface area contributed by atoms with Gasteiger partial charge in [0.15, 0.2) is 5.16 Å². The number of aromatic carboxylic acids is 1. The molecule has 5 heteroatoms. The third kappa shape index (κ3) is 2.70. The Balaban J connectivity index is 2.94. The van der Waals surface area contributed by atoms with Crippen molar-refractivity contribution < 1.29 is 9.90 Å². The van der Waals surface area contributed by atoms with Crippen molar-refractivity contribution in [1.82, 2.24) is 9.97 Å². The number of aromatic nitrogens is 2. The number of rotatable bonds is 3. The first-order valence-electron chi connectivity index (χ1n) is 4.24. The number of nitrogens with zero attached hydrogens (tertiary/aromatic N) is 2. The van der Waals surface area contributed by atoms with Crippen LogP contribution in [0.5, 0.6) is 0 Å². The molecule has 0 aliphatic heterocycles. The second-order valence-corrected chi connectivity index (χ2v) is 4.67. The highest BCUT2D eigenvalue weighted by molar-refractivity contribution is 7.99. The van der Waals surface area contributed by atoms with Gasteiger partial charge in [-0.25, -0.2) is 14.8 Å². The van der Waals surface area contributed by atoms with E-state index < -0.39 is 5.97 Å². The van der Waals surface area contributed by atoms with Crippen LogP contribution in [0, 0.1) is 6.92 Å². The summed E-state index contributed by atoms with van der Waals surface area (Å²) in [5, 5.41) is 9.77. The zero-order valence-electron chi connectivity index (χ0n) is 8.31. The number of carboxylic acids is 1. The molecular weight excluding hydrogens is 200 g/mol. The van der Waals surface area contributed by atoms with Crippen LogP contribution in [-0.2, 0) is 0 Å². The van der Waals surface area contributed by atoms with E-state index in [1.165, 1.54) is 18.0 Å². The fraction of sp³-hybridized carbons (Fsp3) is 0.444. The van der Waals surface area contributed by atoms with E-state index in [0.29, 0.717) is 16.1 Å². The van der Waals surface area contributed by atoms with E-state index in [4.69, 9.17) is 5.11 Å². The summed E-state index contributed by atoms with van der Waals surface area (Å²) >= 11 is 1.52. The summed E-state index contributed by atoms with van der Waals surface area (Å²) in [4.78, 5) is 18.7. The molecular formula is C9H12N2O2S. The van der Waals surface area contributed by atoms with Crippen molar-refractivity contribution >= 4 is 17.7 Å². The van der Waals surface area contributed by atoms with Gasteiger partial charge in [0.2, 0.25) is 0 Å². The van der Waals surface area contributed by atoms with Crippen LogP contribution in [-0.4, -0.2) is 26.3 Å². The zero-order chi connectivity index (χ0) is 10.7. The number of aryl methyl sites for hydroxylation is 1. The molecule has 0 aromatic carbocycles. The van der Waals surface area contributed by atoms with Gasteiger partial charge in [-0.05, 0) is 6.92 Å². The molecule has 0 unspecified atom stereocenters. The second kappa shape index (κ2) is 4.41. The lowest BCUT2D eigenvalue weighted by Crippen LogP contribution is -2.04. The van der Waals surface area contributed by atoms with Crippen LogP contribution in [0.25, 0.3) is 0 Å². The molecule has 0 aliphatic rings. The highest BCUT2D eigenvalue weighted by Gasteiger charge is 2.10. The summed E-state index contributed by atoms with van der Waals surface area (Å²) in [5.41, 5.74) is 0.675. The molecule has 0 amide bonds. The molecule has 0 fully saturated rings. The smallest absolute Gasteiger partial charge is 0.339 e. The van der Waals surface area contributed by atoms with Crippen molar-refractivity contribution in [3.63, 3.8) is 0 Å². The number of hydrogen-bond acceptors (Lipinski definition) is 4. The lowest BCUT2D eigenvalue weighted by molar-refractivity contribution is 0.0695. The molecule has 0 bridgehead atoms. The summed E-state index contributed by atoms with van der Waals surface area (Å²) in [5.74, 6) is -0.983. The first kappa shape index (κ1) is 11.0. The Hall–Kier alpha value is -1.10. The summed E-state index contributed by atoms with van der Waals surface area (Å²) in [6.07, 6.45) is 1.36. The minimum absolute atomic E-state index is 0.165. The average Bonchev–Trinajstić information content (AvgIpc) is 2.01. The normalized spacial score (nSPS) is 10.6. The van der Waals surface area contributed by atoms with Crippen LogP contribution in [0.4, 0.5) is 0 Å². The molecule has 0 radical (unpaired) electrons. The van der Waals surface area contributed by atoms with Gasteiger partial charge in [0.25, 0.3) is 0 Å². The van der Waals surface area contributed by atoms with Gasteiger partial charge >= 0.3 is 5.97 Å². The molecule has 0 saturated heterocycles. The summed E-state index contributed by atoms with van der Waals surface area (Å²) in [6.45, 7) is 5.75. The SMILES string of the molecule is Cc1nc(SC(C)C)ncc1C(=O)O. The minimum Gasteiger partial charge on any atom is -0.478 e. The van der Waals surface area contributed by atoms with Gasteiger partial charge < -0.3 is 5.11 Å². The Bertz CT molecular complexity index is 353. The van der Waals surface area contributed by atoms with E-state index in [0.717, 1.165) is 0 Å². The van der Waals surface area contributed by atoms with Crippen LogP contribution in [0.3, 0.4) is 0 Å². The number of carboxylic acid groups (broad SMARTS) is 1. The van der Waals surface area contributed by atoms with Crippen LogP contribution in [0.15, 0.2) is 11.4 Å². The zero-order valence-corrected chi connectivity index (χ0v) is 9.13. The molecule has 14 heavy (non-hydrogen) atoms. The van der Waals surface area contributed by atoms with Gasteiger partial charge in [-0.3, -0.25) is 0 Å². The molecule has 1 aromatic rings. The third-order valence-corrected chi connectivity index (χ3v) is 2.41. The molecule has 0 spiro atoms. The lowest BCUT2D eigenvalue weighted by Gasteiger charge is -2.04.